The lowest BCUT2D eigenvalue weighted by Gasteiger charge is -1.93. The summed E-state index contributed by atoms with van der Waals surface area (Å²) in [6, 6.07) is 6.10. The lowest BCUT2D eigenvalue weighted by atomic mass is 10.2. The molecule has 0 aliphatic heterocycles. The molecule has 55 valence electrons. The van der Waals surface area contributed by atoms with E-state index in [-0.39, 0.29) is 0 Å². The Morgan fingerprint density at radius 1 is 1.27 bits per heavy atom. The third-order valence-corrected chi connectivity index (χ3v) is 1.27. The molecule has 0 fully saturated rings. The van der Waals surface area contributed by atoms with Crippen molar-refractivity contribution < 1.29 is 9.90 Å². The standard InChI is InChI=1S/C8H6NO2/c9-7-3-1-6(2-4-7)8(11)5-10/h1-4H,9H2. The van der Waals surface area contributed by atoms with E-state index >= 15 is 0 Å². The highest BCUT2D eigenvalue weighted by molar-refractivity contribution is 5.82. The van der Waals surface area contributed by atoms with Crippen LogP contribution in [0.25, 0.3) is 5.76 Å². The quantitative estimate of drug-likeness (QED) is 0.365. The number of anilines is 1. The van der Waals surface area contributed by atoms with Gasteiger partial charge >= 0.3 is 0 Å². The van der Waals surface area contributed by atoms with Gasteiger partial charge in [0.2, 0.25) is 0 Å². The first-order chi connectivity index (χ1) is 5.24. The highest BCUT2D eigenvalue weighted by atomic mass is 16.3. The Bertz CT molecular complexity index is 296. The topological polar surface area (TPSA) is 63.0 Å². The third kappa shape index (κ3) is 1.60. The fourth-order valence-electron chi connectivity index (χ4n) is 0.693. The first-order valence-corrected chi connectivity index (χ1v) is 3.02. The van der Waals surface area contributed by atoms with E-state index in [0.717, 1.165) is 0 Å². The van der Waals surface area contributed by atoms with Gasteiger partial charge in [0.05, 0.1) is 0 Å². The summed E-state index contributed by atoms with van der Waals surface area (Å²) in [5.74, 6) is 0.623. The van der Waals surface area contributed by atoms with E-state index in [9.17, 15) is 9.90 Å². The molecule has 0 atom stereocenters. The molecule has 0 unspecified atom stereocenters. The molecule has 0 heterocycles. The maximum Gasteiger partial charge on any atom is 0.268 e. The van der Waals surface area contributed by atoms with Crippen LogP contribution in [-0.4, -0.2) is 5.94 Å². The zero-order chi connectivity index (χ0) is 8.27. The summed E-state index contributed by atoms with van der Waals surface area (Å²) < 4.78 is 0. The van der Waals surface area contributed by atoms with Gasteiger partial charge in [0, 0.05) is 11.3 Å². The normalized spacial score (nSPS) is 8.73. The molecule has 3 nitrogen and oxygen atoms in total. The smallest absolute Gasteiger partial charge is 0.268 e. The van der Waals surface area contributed by atoms with E-state index in [1.54, 1.807) is 12.1 Å². The second-order valence-corrected chi connectivity index (χ2v) is 2.05. The molecule has 0 amide bonds. The summed E-state index contributed by atoms with van der Waals surface area (Å²) >= 11 is 0. The summed E-state index contributed by atoms with van der Waals surface area (Å²) in [4.78, 5) is 9.88. The molecule has 0 saturated heterocycles. The predicted molar refractivity (Wildman–Crippen MR) is 40.6 cm³/mol. The maximum absolute atomic E-state index is 10.7. The van der Waals surface area contributed by atoms with Crippen LogP contribution < -0.4 is 5.73 Å². The fraction of sp³-hybridized carbons (Fsp3) is 0. The Kier molecular flexibility index (Phi) is 1.95. The molecule has 1 radical (unpaired) electrons. The van der Waals surface area contributed by atoms with Gasteiger partial charge in [-0.15, -0.1) is 0 Å². The van der Waals surface area contributed by atoms with E-state index in [1.807, 2.05) is 0 Å². The molecule has 0 spiro atoms. The first kappa shape index (κ1) is 7.38. The molecule has 1 rings (SSSR count). The van der Waals surface area contributed by atoms with Gasteiger partial charge in [0.25, 0.3) is 5.76 Å². The van der Waals surface area contributed by atoms with Gasteiger partial charge in [-0.2, -0.15) is 0 Å². The number of hydrogen-bond donors (Lipinski definition) is 1. The van der Waals surface area contributed by atoms with Crippen LogP contribution in [0.15, 0.2) is 24.3 Å². The van der Waals surface area contributed by atoms with E-state index in [1.165, 1.54) is 18.1 Å². The highest BCUT2D eigenvalue weighted by Gasteiger charge is 1.99. The summed E-state index contributed by atoms with van der Waals surface area (Å²) in [6.45, 7) is 0. The number of hydrogen-bond acceptors (Lipinski definition) is 2. The van der Waals surface area contributed by atoms with Crippen LogP contribution >= 0.6 is 0 Å². The van der Waals surface area contributed by atoms with Crippen molar-refractivity contribution in [2.45, 2.75) is 0 Å². The second-order valence-electron chi connectivity index (χ2n) is 2.05. The van der Waals surface area contributed by atoms with Crippen LogP contribution in [0.4, 0.5) is 5.69 Å². The van der Waals surface area contributed by atoms with Crippen molar-refractivity contribution in [2.75, 3.05) is 5.73 Å². The molecule has 0 bridgehead atoms. The van der Waals surface area contributed by atoms with E-state index < -0.39 is 5.76 Å². The van der Waals surface area contributed by atoms with Gasteiger partial charge in [-0.25, -0.2) is 4.79 Å². The molecular formula is C8H6NO2. The van der Waals surface area contributed by atoms with Crippen LogP contribution in [0.3, 0.4) is 0 Å². The molecule has 2 N–H and O–H groups in total. The molecule has 1 aromatic rings. The summed E-state index contributed by atoms with van der Waals surface area (Å²) in [7, 11) is 0. The van der Waals surface area contributed by atoms with Crippen LogP contribution in [0.5, 0.6) is 0 Å². The van der Waals surface area contributed by atoms with Gasteiger partial charge in [-0.3, -0.25) is 5.11 Å². The van der Waals surface area contributed by atoms with Crippen LogP contribution in [0.1, 0.15) is 5.56 Å². The van der Waals surface area contributed by atoms with Crippen LogP contribution in [0.2, 0.25) is 0 Å². The number of rotatable bonds is 1. The molecule has 0 aliphatic rings. The number of nitrogens with two attached hydrogens (primary N) is 1. The van der Waals surface area contributed by atoms with Crippen molar-refractivity contribution in [3.63, 3.8) is 0 Å². The van der Waals surface area contributed by atoms with Crippen molar-refractivity contribution >= 4 is 17.4 Å². The molecule has 0 aromatic heterocycles. The molecule has 1 aromatic carbocycles. The number of carbonyl (C=O) groups excluding carboxylic acids is 1. The van der Waals surface area contributed by atoms with Gasteiger partial charge in [-0.05, 0) is 24.3 Å². The van der Waals surface area contributed by atoms with E-state index in [2.05, 4.69) is 0 Å². The van der Waals surface area contributed by atoms with E-state index in [4.69, 9.17) is 5.73 Å². The van der Waals surface area contributed by atoms with Crippen LogP contribution in [0, 0.1) is 0 Å². The minimum absolute atomic E-state index is 0.314. The summed E-state index contributed by atoms with van der Waals surface area (Å²) in [5.41, 5.74) is 6.23. The largest absolute Gasteiger partial charge is 0.399 e. The highest BCUT2D eigenvalue weighted by Crippen LogP contribution is 2.10. The molecule has 0 aliphatic carbocycles. The molecular weight excluding hydrogens is 142 g/mol. The van der Waals surface area contributed by atoms with Gasteiger partial charge in [0.1, 0.15) is 0 Å². The zero-order valence-corrected chi connectivity index (χ0v) is 5.70. The minimum Gasteiger partial charge on any atom is -0.399 e. The molecule has 3 heteroatoms. The third-order valence-electron chi connectivity index (χ3n) is 1.27. The van der Waals surface area contributed by atoms with Gasteiger partial charge in [-0.1, -0.05) is 0 Å². The number of nitrogen functional groups attached to an aromatic ring is 1. The fourth-order valence-corrected chi connectivity index (χ4v) is 0.693. The van der Waals surface area contributed by atoms with Crippen LogP contribution in [-0.2, 0) is 9.90 Å². The predicted octanol–water partition coefficient (Wildman–Crippen LogP) is 0.872. The maximum atomic E-state index is 10.7. The Hall–Kier alpha value is -1.73. The Balaban J connectivity index is 3.08. The molecule has 11 heavy (non-hydrogen) atoms. The second kappa shape index (κ2) is 2.90. The molecule has 0 saturated carbocycles. The first-order valence-electron chi connectivity index (χ1n) is 3.02. The van der Waals surface area contributed by atoms with Crippen molar-refractivity contribution in [3.05, 3.63) is 29.8 Å². The van der Waals surface area contributed by atoms with Crippen molar-refractivity contribution in [1.82, 2.24) is 0 Å². The Morgan fingerprint density at radius 3 is 2.27 bits per heavy atom. The Morgan fingerprint density at radius 2 is 1.82 bits per heavy atom. The zero-order valence-electron chi connectivity index (χ0n) is 5.70. The Labute approximate surface area is 63.8 Å². The lowest BCUT2D eigenvalue weighted by Crippen LogP contribution is -1.85. The van der Waals surface area contributed by atoms with Crippen molar-refractivity contribution in [1.29, 1.82) is 0 Å². The van der Waals surface area contributed by atoms with Gasteiger partial charge in [0.15, 0.2) is 5.94 Å². The SMILES string of the molecule is Nc1ccc(C([O])=C=O)cc1. The van der Waals surface area contributed by atoms with Crippen molar-refractivity contribution in [2.24, 2.45) is 0 Å². The monoisotopic (exact) mass is 148 g/mol. The van der Waals surface area contributed by atoms with Crippen molar-refractivity contribution in [3.8, 4) is 0 Å². The lowest BCUT2D eigenvalue weighted by molar-refractivity contribution is 0.389. The summed E-state index contributed by atoms with van der Waals surface area (Å²) in [6.07, 6.45) is 0. The average Bonchev–Trinajstić information content (AvgIpc) is 2.05. The summed E-state index contributed by atoms with van der Waals surface area (Å²) in [5, 5.41) is 10.7. The average molecular weight is 148 g/mol. The van der Waals surface area contributed by atoms with E-state index in [0.29, 0.717) is 11.3 Å². The minimum atomic E-state index is -0.648. The van der Waals surface area contributed by atoms with Gasteiger partial charge < -0.3 is 5.73 Å². The number of benzene rings is 1.